The average Bonchev–Trinajstić information content (AvgIpc) is 2.72. The number of anilines is 1. The Morgan fingerprint density at radius 1 is 1.16 bits per heavy atom. The number of fused-ring (bicyclic) bond motifs is 1. The summed E-state index contributed by atoms with van der Waals surface area (Å²) in [5.74, 6) is 0.369. The van der Waals surface area contributed by atoms with E-state index in [4.69, 9.17) is 4.74 Å². The molecule has 0 aliphatic carbocycles. The lowest BCUT2D eigenvalue weighted by atomic mass is 9.87. The first-order chi connectivity index (χ1) is 14.9. The molecule has 1 aliphatic heterocycles. The summed E-state index contributed by atoms with van der Waals surface area (Å²) in [6, 6.07) is 13.9. The quantitative estimate of drug-likeness (QED) is 0.438. The predicted octanol–water partition coefficient (Wildman–Crippen LogP) is 4.46. The van der Waals surface area contributed by atoms with Crippen LogP contribution >= 0.6 is 11.8 Å². The van der Waals surface area contributed by atoms with Crippen LogP contribution in [0.2, 0.25) is 0 Å². The first-order valence-electron chi connectivity index (χ1n) is 9.97. The van der Waals surface area contributed by atoms with E-state index in [0.717, 1.165) is 11.3 Å². The average molecular weight is 440 g/mol. The van der Waals surface area contributed by atoms with Crippen molar-refractivity contribution in [2.45, 2.75) is 43.2 Å². The molecular formula is C23H22FN3O3S. The number of halogens is 1. The number of hydrogen-bond donors (Lipinski definition) is 2. The second-order valence-electron chi connectivity index (χ2n) is 7.55. The molecule has 8 heteroatoms. The highest BCUT2D eigenvalue weighted by molar-refractivity contribution is 7.98. The van der Waals surface area contributed by atoms with Gasteiger partial charge >= 0.3 is 0 Å². The van der Waals surface area contributed by atoms with E-state index in [-0.39, 0.29) is 35.6 Å². The molecule has 2 aromatic carbocycles. The molecule has 4 rings (SSSR count). The highest BCUT2D eigenvalue weighted by Crippen LogP contribution is 2.35. The molecule has 6 nitrogen and oxygen atoms in total. The molecule has 0 saturated heterocycles. The molecule has 0 spiro atoms. The number of benzene rings is 2. The second kappa shape index (κ2) is 8.93. The molecule has 0 saturated carbocycles. The number of hydrogen-bond acceptors (Lipinski definition) is 5. The molecule has 0 radical (unpaired) electrons. The summed E-state index contributed by atoms with van der Waals surface area (Å²) in [5, 5.41) is 3.03. The number of carbonyl (C=O) groups is 1. The van der Waals surface area contributed by atoms with E-state index < -0.39 is 5.92 Å². The number of nitrogens with zero attached hydrogens (tertiary/aromatic N) is 1. The van der Waals surface area contributed by atoms with Gasteiger partial charge in [-0.05, 0) is 43.2 Å². The van der Waals surface area contributed by atoms with Crippen molar-refractivity contribution in [3.63, 3.8) is 0 Å². The maximum atomic E-state index is 13.9. The third-order valence-electron chi connectivity index (χ3n) is 4.91. The lowest BCUT2D eigenvalue weighted by Gasteiger charge is -2.24. The van der Waals surface area contributed by atoms with Crippen LogP contribution in [0.25, 0.3) is 0 Å². The molecule has 1 aliphatic rings. The van der Waals surface area contributed by atoms with Gasteiger partial charge in [0.15, 0.2) is 5.16 Å². The Bertz CT molecular complexity index is 1160. The first kappa shape index (κ1) is 21.1. The molecule has 0 bridgehead atoms. The van der Waals surface area contributed by atoms with Gasteiger partial charge in [-0.2, -0.15) is 0 Å². The van der Waals surface area contributed by atoms with Gasteiger partial charge in [0.25, 0.3) is 5.56 Å². The predicted molar refractivity (Wildman–Crippen MR) is 118 cm³/mol. The van der Waals surface area contributed by atoms with Crippen LogP contribution in [0.1, 0.15) is 42.9 Å². The van der Waals surface area contributed by atoms with E-state index in [2.05, 4.69) is 15.3 Å². The van der Waals surface area contributed by atoms with Crippen LogP contribution in [-0.4, -0.2) is 22.0 Å². The topological polar surface area (TPSA) is 84.1 Å². The van der Waals surface area contributed by atoms with Crippen molar-refractivity contribution in [1.82, 2.24) is 9.97 Å². The number of aromatic amines is 1. The minimum atomic E-state index is -0.404. The van der Waals surface area contributed by atoms with Crippen LogP contribution in [0.4, 0.5) is 10.2 Å². The standard InChI is InChI=1S/C23H22FN3O3S/c1-13(2)30-16-9-7-14(8-10-16)17-11-19(28)25-21-20(17)22(29)27-23(26-21)31-12-15-5-3-4-6-18(15)24/h3-10,13,17H,11-12H2,1-2H3,(H2,25,26,27,28,29)/t17-/m1/s1. The summed E-state index contributed by atoms with van der Waals surface area (Å²) in [5.41, 5.74) is 1.46. The minimum absolute atomic E-state index is 0.0550. The van der Waals surface area contributed by atoms with Gasteiger partial charge in [0, 0.05) is 18.1 Å². The van der Waals surface area contributed by atoms with Crippen LogP contribution < -0.4 is 15.6 Å². The fraction of sp³-hybridized carbons (Fsp3) is 0.261. The van der Waals surface area contributed by atoms with Crippen molar-refractivity contribution >= 4 is 23.5 Å². The normalized spacial score (nSPS) is 15.5. The molecule has 2 N–H and O–H groups in total. The van der Waals surface area contributed by atoms with Crippen molar-refractivity contribution < 1.29 is 13.9 Å². The van der Waals surface area contributed by atoms with Crippen molar-refractivity contribution in [2.24, 2.45) is 0 Å². The van der Waals surface area contributed by atoms with Gasteiger partial charge in [0.1, 0.15) is 17.4 Å². The zero-order valence-corrected chi connectivity index (χ0v) is 18.0. The maximum Gasteiger partial charge on any atom is 0.257 e. The smallest absolute Gasteiger partial charge is 0.257 e. The number of carbonyl (C=O) groups excluding carboxylic acids is 1. The summed E-state index contributed by atoms with van der Waals surface area (Å²) >= 11 is 1.21. The molecule has 1 aromatic heterocycles. The van der Waals surface area contributed by atoms with E-state index in [1.807, 2.05) is 38.1 Å². The lowest BCUT2D eigenvalue weighted by Crippen LogP contribution is -2.31. The van der Waals surface area contributed by atoms with E-state index in [0.29, 0.717) is 22.0 Å². The highest BCUT2D eigenvalue weighted by atomic mass is 32.2. The molecule has 1 atom stereocenters. The maximum absolute atomic E-state index is 13.9. The molecular weight excluding hydrogens is 417 g/mol. The van der Waals surface area contributed by atoms with Crippen LogP contribution in [0.15, 0.2) is 58.5 Å². The van der Waals surface area contributed by atoms with Gasteiger partial charge in [-0.3, -0.25) is 9.59 Å². The van der Waals surface area contributed by atoms with Crippen molar-refractivity contribution in [3.8, 4) is 5.75 Å². The van der Waals surface area contributed by atoms with E-state index in [1.165, 1.54) is 17.8 Å². The fourth-order valence-electron chi connectivity index (χ4n) is 3.52. The number of amides is 1. The SMILES string of the molecule is CC(C)Oc1ccc([C@H]2CC(=O)Nc3nc(SCc4ccccc4F)[nH]c(=O)c32)cc1. The second-order valence-corrected chi connectivity index (χ2v) is 8.52. The Labute approximate surface area is 183 Å². The van der Waals surface area contributed by atoms with Gasteiger partial charge in [0.05, 0.1) is 11.7 Å². The number of nitrogens with one attached hydrogen (secondary N) is 2. The Hall–Kier alpha value is -3.13. The van der Waals surface area contributed by atoms with E-state index in [9.17, 15) is 14.0 Å². The Morgan fingerprint density at radius 2 is 1.90 bits per heavy atom. The van der Waals surface area contributed by atoms with Crippen molar-refractivity contribution in [2.75, 3.05) is 5.32 Å². The molecule has 0 unspecified atom stereocenters. The number of thioether (sulfide) groups is 1. The minimum Gasteiger partial charge on any atom is -0.491 e. The molecule has 160 valence electrons. The van der Waals surface area contributed by atoms with Gasteiger partial charge < -0.3 is 15.0 Å². The number of ether oxygens (including phenoxy) is 1. The van der Waals surface area contributed by atoms with E-state index in [1.54, 1.807) is 18.2 Å². The van der Waals surface area contributed by atoms with Gasteiger partial charge in [-0.1, -0.05) is 42.1 Å². The first-order valence-corrected chi connectivity index (χ1v) is 11.0. The lowest BCUT2D eigenvalue weighted by molar-refractivity contribution is -0.116. The fourth-order valence-corrected chi connectivity index (χ4v) is 4.36. The van der Waals surface area contributed by atoms with Gasteiger partial charge in [-0.15, -0.1) is 0 Å². The molecule has 3 aromatic rings. The van der Waals surface area contributed by atoms with Crippen LogP contribution in [0.5, 0.6) is 5.75 Å². The molecule has 0 fully saturated rings. The monoisotopic (exact) mass is 439 g/mol. The largest absolute Gasteiger partial charge is 0.491 e. The molecule has 1 amide bonds. The van der Waals surface area contributed by atoms with Crippen LogP contribution in [-0.2, 0) is 10.5 Å². The van der Waals surface area contributed by atoms with E-state index >= 15 is 0 Å². The Morgan fingerprint density at radius 3 is 2.61 bits per heavy atom. The summed E-state index contributed by atoms with van der Waals surface area (Å²) in [6.45, 7) is 3.89. The summed E-state index contributed by atoms with van der Waals surface area (Å²) < 4.78 is 19.5. The highest BCUT2D eigenvalue weighted by Gasteiger charge is 2.31. The zero-order valence-electron chi connectivity index (χ0n) is 17.1. The molecule has 31 heavy (non-hydrogen) atoms. The number of H-pyrrole nitrogens is 1. The van der Waals surface area contributed by atoms with Crippen molar-refractivity contribution in [3.05, 3.63) is 81.4 Å². The number of aromatic nitrogens is 2. The zero-order chi connectivity index (χ0) is 22.0. The molecule has 2 heterocycles. The van der Waals surface area contributed by atoms with Crippen molar-refractivity contribution in [1.29, 1.82) is 0 Å². The summed E-state index contributed by atoms with van der Waals surface area (Å²) in [4.78, 5) is 32.4. The van der Waals surface area contributed by atoms with Crippen LogP contribution in [0.3, 0.4) is 0 Å². The summed E-state index contributed by atoms with van der Waals surface area (Å²) in [6.07, 6.45) is 0.212. The third kappa shape index (κ3) is 4.80. The third-order valence-corrected chi connectivity index (χ3v) is 5.83. The van der Waals surface area contributed by atoms with Gasteiger partial charge in [-0.25, -0.2) is 9.37 Å². The van der Waals surface area contributed by atoms with Crippen LogP contribution in [0, 0.1) is 5.82 Å². The van der Waals surface area contributed by atoms with Gasteiger partial charge in [0.2, 0.25) is 5.91 Å². The number of rotatable bonds is 6. The Kier molecular flexibility index (Phi) is 6.08. The Balaban J connectivity index is 1.61. The summed E-state index contributed by atoms with van der Waals surface area (Å²) in [7, 11) is 0.